The highest BCUT2D eigenvalue weighted by Gasteiger charge is 2.67. The van der Waals surface area contributed by atoms with E-state index in [4.69, 9.17) is 5.11 Å². The van der Waals surface area contributed by atoms with Gasteiger partial charge in [0, 0.05) is 37.0 Å². The second-order valence-corrected chi connectivity index (χ2v) is 9.89. The standard InChI is InChI=1S/C25H32N2O6/c28-11-18(29)19(30)20(31)21(32)22-26-12-24(16-7-3-1-4-8-16)13-27(22)15-25(14-26,23(24)33)17-9-5-2-6-10-17/h1-10,18-23,28-33H,11-15H2/t18-,19-,20+,21-,22?,23?,24?,25?/m1/s1. The Morgan fingerprint density at radius 1 is 0.727 bits per heavy atom. The normalized spacial score (nSPS) is 38.6. The van der Waals surface area contributed by atoms with E-state index in [0.717, 1.165) is 11.1 Å². The average molecular weight is 457 g/mol. The second-order valence-electron chi connectivity index (χ2n) is 9.89. The molecule has 4 bridgehead atoms. The van der Waals surface area contributed by atoms with Crippen molar-refractivity contribution in [2.45, 2.75) is 47.5 Å². The number of piperidine rings is 2. The van der Waals surface area contributed by atoms with Gasteiger partial charge in [0.25, 0.3) is 0 Å². The van der Waals surface area contributed by atoms with Crippen molar-refractivity contribution in [2.24, 2.45) is 0 Å². The first-order chi connectivity index (χ1) is 15.8. The second kappa shape index (κ2) is 8.41. The van der Waals surface area contributed by atoms with Crippen LogP contribution in [0.15, 0.2) is 60.7 Å². The predicted octanol–water partition coefficient (Wildman–Crippen LogP) is -1.37. The topological polar surface area (TPSA) is 128 Å². The summed E-state index contributed by atoms with van der Waals surface area (Å²) >= 11 is 0. The third-order valence-corrected chi connectivity index (χ3v) is 8.02. The first-order valence-electron chi connectivity index (χ1n) is 11.4. The van der Waals surface area contributed by atoms with Crippen LogP contribution < -0.4 is 0 Å². The first-order valence-corrected chi connectivity index (χ1v) is 11.4. The summed E-state index contributed by atoms with van der Waals surface area (Å²) in [6, 6.07) is 19.8. The lowest BCUT2D eigenvalue weighted by atomic mass is 9.54. The molecule has 0 aliphatic carbocycles. The van der Waals surface area contributed by atoms with E-state index in [2.05, 4.69) is 9.80 Å². The van der Waals surface area contributed by atoms with Gasteiger partial charge in [0.15, 0.2) is 0 Å². The third-order valence-electron chi connectivity index (χ3n) is 8.02. The van der Waals surface area contributed by atoms with Crippen LogP contribution in [0.1, 0.15) is 11.1 Å². The van der Waals surface area contributed by atoms with E-state index in [0.29, 0.717) is 26.2 Å². The molecule has 4 aliphatic heterocycles. The van der Waals surface area contributed by atoms with E-state index in [1.165, 1.54) is 0 Å². The molecular weight excluding hydrogens is 424 g/mol. The van der Waals surface area contributed by atoms with Crippen molar-refractivity contribution in [1.29, 1.82) is 0 Å². The number of rotatable bonds is 7. The molecule has 4 atom stereocenters. The molecule has 4 heterocycles. The van der Waals surface area contributed by atoms with E-state index in [9.17, 15) is 25.5 Å². The molecule has 0 unspecified atom stereocenters. The van der Waals surface area contributed by atoms with Crippen LogP contribution in [0.3, 0.4) is 0 Å². The summed E-state index contributed by atoms with van der Waals surface area (Å²) < 4.78 is 0. The Morgan fingerprint density at radius 2 is 1.15 bits per heavy atom. The minimum Gasteiger partial charge on any atom is -0.394 e. The maximum Gasteiger partial charge on any atom is 0.111 e. The Balaban J connectivity index is 1.55. The van der Waals surface area contributed by atoms with Crippen LogP contribution >= 0.6 is 0 Å². The SMILES string of the molecule is OC[C@@H](O)[C@@H](O)[C@H](O)[C@@H](O)C1N2CC3(c4ccccc4)CN1CC(c1ccccc1)(C2)C3O. The molecule has 4 aliphatic rings. The van der Waals surface area contributed by atoms with E-state index >= 15 is 0 Å². The number of aliphatic hydroxyl groups excluding tert-OH is 6. The molecule has 178 valence electrons. The monoisotopic (exact) mass is 456 g/mol. The maximum atomic E-state index is 11.9. The molecule has 6 rings (SSSR count). The van der Waals surface area contributed by atoms with Crippen LogP contribution in [0, 0.1) is 0 Å². The van der Waals surface area contributed by atoms with Crippen LogP contribution in [0.25, 0.3) is 0 Å². The van der Waals surface area contributed by atoms with Crippen LogP contribution in [0.2, 0.25) is 0 Å². The minimum absolute atomic E-state index is 0.482. The molecule has 2 aromatic carbocycles. The summed E-state index contributed by atoms with van der Waals surface area (Å²) in [6.45, 7) is 1.21. The zero-order valence-corrected chi connectivity index (χ0v) is 18.4. The Kier molecular flexibility index (Phi) is 5.83. The van der Waals surface area contributed by atoms with Gasteiger partial charge < -0.3 is 30.6 Å². The molecule has 0 aromatic heterocycles. The van der Waals surface area contributed by atoms with Crippen molar-refractivity contribution in [3.8, 4) is 0 Å². The maximum absolute atomic E-state index is 11.9. The molecule has 0 amide bonds. The van der Waals surface area contributed by atoms with Crippen LogP contribution in [0.4, 0.5) is 0 Å². The fourth-order valence-corrected chi connectivity index (χ4v) is 6.51. The van der Waals surface area contributed by atoms with Gasteiger partial charge in [-0.3, -0.25) is 9.80 Å². The van der Waals surface area contributed by atoms with Crippen molar-refractivity contribution in [3.63, 3.8) is 0 Å². The minimum atomic E-state index is -1.68. The smallest absolute Gasteiger partial charge is 0.111 e. The molecule has 0 radical (unpaired) electrons. The van der Waals surface area contributed by atoms with Gasteiger partial charge in [0.2, 0.25) is 0 Å². The summed E-state index contributed by atoms with van der Waals surface area (Å²) in [6.07, 6.45) is -7.49. The highest BCUT2D eigenvalue weighted by molar-refractivity contribution is 5.42. The van der Waals surface area contributed by atoms with Gasteiger partial charge in [0.05, 0.1) is 18.9 Å². The first kappa shape index (κ1) is 22.9. The quantitative estimate of drug-likeness (QED) is 0.301. The number of hydrogen-bond acceptors (Lipinski definition) is 8. The summed E-state index contributed by atoms with van der Waals surface area (Å²) in [5.74, 6) is 0. The number of benzene rings is 2. The van der Waals surface area contributed by atoms with Gasteiger partial charge in [-0.1, -0.05) is 60.7 Å². The Hall–Kier alpha value is -1.88. The van der Waals surface area contributed by atoms with E-state index in [-0.39, 0.29) is 0 Å². The van der Waals surface area contributed by atoms with E-state index < -0.39 is 54.1 Å². The molecule has 8 nitrogen and oxygen atoms in total. The van der Waals surface area contributed by atoms with Gasteiger partial charge in [-0.15, -0.1) is 0 Å². The number of nitrogens with zero attached hydrogens (tertiary/aromatic N) is 2. The molecule has 0 saturated carbocycles. The van der Waals surface area contributed by atoms with E-state index in [1.807, 2.05) is 60.7 Å². The summed E-state index contributed by atoms with van der Waals surface area (Å²) in [5, 5.41) is 62.7. The third kappa shape index (κ3) is 3.37. The molecule has 8 heteroatoms. The molecule has 0 spiro atoms. The Bertz CT molecular complexity index is 884. The van der Waals surface area contributed by atoms with Crippen molar-refractivity contribution in [2.75, 3.05) is 32.8 Å². The van der Waals surface area contributed by atoms with Crippen molar-refractivity contribution in [3.05, 3.63) is 71.8 Å². The van der Waals surface area contributed by atoms with Gasteiger partial charge in [-0.2, -0.15) is 0 Å². The van der Waals surface area contributed by atoms with Crippen molar-refractivity contribution < 1.29 is 30.6 Å². The lowest BCUT2D eigenvalue weighted by Gasteiger charge is -2.70. The zero-order chi connectivity index (χ0) is 23.4. The van der Waals surface area contributed by atoms with Crippen molar-refractivity contribution in [1.82, 2.24) is 9.80 Å². The largest absolute Gasteiger partial charge is 0.394 e. The van der Waals surface area contributed by atoms with Crippen LogP contribution in [-0.2, 0) is 10.8 Å². The summed E-state index contributed by atoms with van der Waals surface area (Å²) in [4.78, 5) is 4.15. The van der Waals surface area contributed by atoms with Crippen LogP contribution in [0.5, 0.6) is 0 Å². The number of hydrogen-bond donors (Lipinski definition) is 6. The molecule has 2 aromatic rings. The summed E-state index contributed by atoms with van der Waals surface area (Å²) in [7, 11) is 0. The number of aliphatic hydroxyl groups is 6. The predicted molar refractivity (Wildman–Crippen MR) is 120 cm³/mol. The molecule has 33 heavy (non-hydrogen) atoms. The molecule has 4 saturated heterocycles. The van der Waals surface area contributed by atoms with E-state index in [1.54, 1.807) is 0 Å². The molecule has 6 N–H and O–H groups in total. The van der Waals surface area contributed by atoms with Gasteiger partial charge in [0.1, 0.15) is 24.4 Å². The highest BCUT2D eigenvalue weighted by atomic mass is 16.4. The van der Waals surface area contributed by atoms with Gasteiger partial charge >= 0.3 is 0 Å². The zero-order valence-electron chi connectivity index (χ0n) is 18.4. The van der Waals surface area contributed by atoms with Crippen LogP contribution in [-0.4, -0.2) is 110 Å². The fraction of sp³-hybridized carbons (Fsp3) is 0.520. The average Bonchev–Trinajstić information content (AvgIpc) is 2.85. The van der Waals surface area contributed by atoms with Gasteiger partial charge in [-0.25, -0.2) is 0 Å². The molecule has 4 fully saturated rings. The fourth-order valence-electron chi connectivity index (χ4n) is 6.51. The van der Waals surface area contributed by atoms with Crippen molar-refractivity contribution >= 4 is 0 Å². The molecular formula is C25H32N2O6. The lowest BCUT2D eigenvalue weighted by molar-refractivity contribution is -0.244. The Morgan fingerprint density at radius 3 is 1.55 bits per heavy atom. The lowest BCUT2D eigenvalue weighted by Crippen LogP contribution is -2.85. The summed E-state index contributed by atoms with van der Waals surface area (Å²) in [5.41, 5.74) is 0.878. The van der Waals surface area contributed by atoms with Gasteiger partial charge in [-0.05, 0) is 11.1 Å². The highest BCUT2D eigenvalue weighted by Crippen LogP contribution is 2.54. The Labute approximate surface area is 193 Å².